The number of carboxylic acids is 1. The van der Waals surface area contributed by atoms with E-state index >= 15 is 0 Å². The fraction of sp³-hybridized carbons (Fsp3) is 0.286. The van der Waals surface area contributed by atoms with Gasteiger partial charge in [0, 0.05) is 98.3 Å². The van der Waals surface area contributed by atoms with E-state index in [0.717, 1.165) is 40.9 Å². The van der Waals surface area contributed by atoms with Crippen molar-refractivity contribution in [2.45, 2.75) is 93.2 Å². The predicted molar refractivity (Wildman–Crippen MR) is 392 cm³/mol. The van der Waals surface area contributed by atoms with E-state index in [-0.39, 0.29) is 30.8 Å². The summed E-state index contributed by atoms with van der Waals surface area (Å²) in [6.07, 6.45) is 4.94. The number of hydrogen-bond acceptors (Lipinski definition) is 22. The number of nitrogens with two attached hydrogens (primary N) is 3. The van der Waals surface area contributed by atoms with Crippen molar-refractivity contribution in [3.63, 3.8) is 0 Å². The molecule has 10 N–H and O–H groups in total. The summed E-state index contributed by atoms with van der Waals surface area (Å²) >= 11 is 6.45. The molecule has 11 rings (SSSR count). The monoisotopic (exact) mass is 1480 g/mol. The Kier molecular flexibility index (Phi) is 29.6. The molecule has 0 aliphatic carbocycles. The highest BCUT2D eigenvalue weighted by Crippen LogP contribution is 2.40. The molecule has 6 heterocycles. The van der Waals surface area contributed by atoms with E-state index in [1.165, 1.54) is 74.6 Å². The number of aromatic nitrogens is 10. The van der Waals surface area contributed by atoms with Gasteiger partial charge in [0.2, 0.25) is 0 Å². The van der Waals surface area contributed by atoms with Crippen LogP contribution in [0.25, 0.3) is 54.5 Å². The molecule has 0 saturated carbocycles. The summed E-state index contributed by atoms with van der Waals surface area (Å²) in [6.45, 7) is 30.7. The van der Waals surface area contributed by atoms with Gasteiger partial charge in [0.15, 0.2) is 5.65 Å². The van der Waals surface area contributed by atoms with Crippen LogP contribution in [0.1, 0.15) is 79.4 Å². The molecular formula is C70H80BrF2N17O9S2. The van der Waals surface area contributed by atoms with E-state index < -0.39 is 24.1 Å². The number of likely N-dealkylation sites (N-methyl/N-ethyl adjacent to an activating group) is 1. The first-order valence-electron chi connectivity index (χ1n) is 30.7. The van der Waals surface area contributed by atoms with Crippen LogP contribution >= 0.6 is 38.6 Å². The summed E-state index contributed by atoms with van der Waals surface area (Å²) in [5.41, 5.74) is 24.0. The molecule has 101 heavy (non-hydrogen) atoms. The normalized spacial score (nSPS) is 10.8. The van der Waals surface area contributed by atoms with Crippen LogP contribution < -0.4 is 42.3 Å². The molecule has 532 valence electrons. The summed E-state index contributed by atoms with van der Waals surface area (Å²) in [7, 11) is 7.97. The molecule has 0 aliphatic rings. The van der Waals surface area contributed by atoms with Gasteiger partial charge >= 0.3 is 5.97 Å². The lowest BCUT2D eigenvalue weighted by Crippen LogP contribution is -2.20. The molecule has 0 fully saturated rings. The van der Waals surface area contributed by atoms with E-state index in [1.807, 2.05) is 96.5 Å². The summed E-state index contributed by atoms with van der Waals surface area (Å²) in [6, 6.07) is 30.9. The van der Waals surface area contributed by atoms with Crippen LogP contribution in [-0.2, 0) is 32.2 Å². The maximum atomic E-state index is 14.2. The topological polar surface area (TPSA) is 332 Å². The summed E-state index contributed by atoms with van der Waals surface area (Å²) in [4.78, 5) is 37.2. The lowest BCUT2D eigenvalue weighted by molar-refractivity contribution is -0.252. The van der Waals surface area contributed by atoms with Crippen molar-refractivity contribution >= 4 is 84.4 Å². The van der Waals surface area contributed by atoms with Crippen LogP contribution in [0.2, 0.25) is 0 Å². The van der Waals surface area contributed by atoms with E-state index in [4.69, 9.17) is 59.5 Å². The number of aryl methyl sites for hydroxylation is 2. The Bertz CT molecular complexity index is 4580. The highest BCUT2D eigenvalue weighted by Gasteiger charge is 2.22. The summed E-state index contributed by atoms with van der Waals surface area (Å²) in [5.74, 6) is 1.89. The van der Waals surface area contributed by atoms with Gasteiger partial charge in [-0.3, -0.25) is 19.1 Å². The minimum Gasteiger partial charge on any atom is -0.488 e. The molecule has 0 radical (unpaired) electrons. The molecule has 0 aliphatic heterocycles. The van der Waals surface area contributed by atoms with Crippen molar-refractivity contribution in [2.24, 2.45) is 0 Å². The number of carbonyl (C=O) groups is 1. The van der Waals surface area contributed by atoms with Gasteiger partial charge < -0.3 is 61.6 Å². The molecule has 0 saturated heterocycles. The smallest absolute Gasteiger partial charge is 0.317 e. The zero-order valence-corrected chi connectivity index (χ0v) is 61.2. The first-order chi connectivity index (χ1) is 47.7. The van der Waals surface area contributed by atoms with Crippen LogP contribution in [0.3, 0.4) is 0 Å². The molecule has 0 spiro atoms. The minimum atomic E-state index is -0.787. The molecular weight excluding hydrogens is 1400 g/mol. The first kappa shape index (κ1) is 79.5. The van der Waals surface area contributed by atoms with Crippen molar-refractivity contribution in [2.75, 3.05) is 59.2 Å². The van der Waals surface area contributed by atoms with Gasteiger partial charge in [-0.05, 0) is 129 Å². The van der Waals surface area contributed by atoms with E-state index in [9.17, 15) is 13.6 Å². The Labute approximate surface area is 600 Å². The van der Waals surface area contributed by atoms with Crippen LogP contribution in [0.15, 0.2) is 132 Å². The van der Waals surface area contributed by atoms with Crippen LogP contribution in [0.5, 0.6) is 34.5 Å². The second-order valence-electron chi connectivity index (χ2n) is 22.7. The van der Waals surface area contributed by atoms with Crippen molar-refractivity contribution in [3.8, 4) is 68.3 Å². The highest BCUT2D eigenvalue weighted by atomic mass is 79.9. The van der Waals surface area contributed by atoms with E-state index in [1.54, 1.807) is 89.3 Å². The number of aliphatic carboxylic acids is 1. The Balaban J connectivity index is 0.000000224. The molecule has 31 heteroatoms. The summed E-state index contributed by atoms with van der Waals surface area (Å²) in [5, 5.41) is 24.3. The van der Waals surface area contributed by atoms with Gasteiger partial charge in [-0.2, -0.15) is 15.3 Å². The lowest BCUT2D eigenvalue weighted by Gasteiger charge is -2.10. The zero-order valence-electron chi connectivity index (χ0n) is 58.0. The van der Waals surface area contributed by atoms with Gasteiger partial charge in [-0.25, -0.2) is 43.1 Å². The highest BCUT2D eigenvalue weighted by molar-refractivity contribution is 9.10. The van der Waals surface area contributed by atoms with Crippen LogP contribution in [0.4, 0.5) is 37.6 Å². The number of benzene rings is 5. The third kappa shape index (κ3) is 22.3. The Hall–Kier alpha value is -10.5. The number of carboxylic acid groups (broad SMARTS) is 1. The molecule has 6 aromatic heterocycles. The quantitative estimate of drug-likeness (QED) is 0.0329. The maximum Gasteiger partial charge on any atom is 0.317 e. The maximum absolute atomic E-state index is 14.2. The van der Waals surface area contributed by atoms with Crippen LogP contribution in [-0.4, -0.2) is 114 Å². The molecule has 11 aromatic rings. The molecule has 0 atom stereocenters. The number of ether oxygens (including phenoxy) is 7. The van der Waals surface area contributed by atoms with Crippen molar-refractivity contribution < 1.29 is 51.8 Å². The molecule has 0 bridgehead atoms. The summed E-state index contributed by atoms with van der Waals surface area (Å²) < 4.78 is 71.4. The number of rotatable bonds is 21. The number of nitrogen functional groups attached to an aromatic ring is 3. The van der Waals surface area contributed by atoms with Crippen molar-refractivity contribution in [1.82, 2.24) is 60.3 Å². The SMILES string of the molecule is CN(C)CC(=O)O.COC(OC)OC.Cc1ncc(COc2cc(F)cc(Oc3ccc(-c4nn(C(C)C)c5ncnc(N)c45)cc3)c2)s1.N.[C-]#[N+]c1c(-c2ccc(Br)cc2)nn(C(C)C)c1N.[C-]#[N+]c1c(-c2ccc(Oc3cc(F)cc(OCc4cnc(C)s4)c3)cc2)nn(C(C)C)c1N. The third-order valence-electron chi connectivity index (χ3n) is 13.7. The Morgan fingerprint density at radius 2 is 0.970 bits per heavy atom. The molecule has 0 amide bonds. The van der Waals surface area contributed by atoms with E-state index in [0.29, 0.717) is 105 Å². The van der Waals surface area contributed by atoms with Crippen molar-refractivity contribution in [1.29, 1.82) is 0 Å². The van der Waals surface area contributed by atoms with Gasteiger partial charge in [0.05, 0.1) is 44.8 Å². The molecule has 5 aromatic carbocycles. The number of thiazole rings is 2. The average molecular weight is 1490 g/mol. The zero-order chi connectivity index (χ0) is 72.9. The number of halogens is 3. The van der Waals surface area contributed by atoms with E-state index in [2.05, 4.69) is 70.0 Å². The average Bonchev–Trinajstić information content (AvgIpc) is 1.64. The second-order valence-corrected chi connectivity index (χ2v) is 26.3. The largest absolute Gasteiger partial charge is 0.488 e. The fourth-order valence-corrected chi connectivity index (χ4v) is 10.9. The van der Waals surface area contributed by atoms with Gasteiger partial charge in [-0.15, -0.1) is 22.7 Å². The molecule has 0 unspecified atom stereocenters. The number of anilines is 3. The fourth-order valence-electron chi connectivity index (χ4n) is 9.24. The predicted octanol–water partition coefficient (Wildman–Crippen LogP) is 16.5. The van der Waals surface area contributed by atoms with Gasteiger partial charge in [0.1, 0.15) is 100 Å². The van der Waals surface area contributed by atoms with Crippen molar-refractivity contribution in [3.05, 3.63) is 187 Å². The number of hydrogen-bond donors (Lipinski definition) is 5. The Morgan fingerprint density at radius 3 is 1.31 bits per heavy atom. The minimum absolute atomic E-state index is 0. The number of nitrogens with zero attached hydrogens (tertiary/aromatic N) is 13. The number of methoxy groups -OCH3 is 3. The Morgan fingerprint density at radius 1 is 0.584 bits per heavy atom. The first-order valence-corrected chi connectivity index (χ1v) is 33.1. The van der Waals surface area contributed by atoms with Gasteiger partial charge in [0.25, 0.3) is 17.9 Å². The second kappa shape index (κ2) is 37.6. The number of fused-ring (bicyclic) bond motifs is 1. The lowest BCUT2D eigenvalue weighted by atomic mass is 10.1. The standard InChI is InChI=1S/C25H23FN6O2S.C24H22FN5O2S.C13H13BrN4.C4H9NO2.C4H10O3.H3N/c1-14(2)32-25-22(24(27)29-13-30-25)23(31-32)16-4-6-18(7-5-16)34-20-9-17(26)8-19(10-20)33-12-21-11-28-15(3)35-21;1-14(2)30-24(26)23(27-4)22(29-30)16-5-7-18(8-6-16)32-20-10-17(25)9-19(11-20)31-13-21-12-28-15(3)33-21;1-8(2)18-13(15)12(16-3)11(17-18)9-4-6-10(14)7-5-9;1-5(2)3-4(6)7;1-5-4(6-2)7-3;/h4-11,13-14H,12H2,1-3H3,(H2,27,29,30);5-12,14H,13,26H2,1-3H3;4-8H,15H2,1-2H3;3H2,1-2H3,(H,6,7);4H,1-3H3;1H3. The van der Waals surface area contributed by atoms with Crippen LogP contribution in [0, 0.1) is 38.6 Å². The molecule has 26 nitrogen and oxygen atoms in total. The third-order valence-corrected chi connectivity index (χ3v) is 16.0. The van der Waals surface area contributed by atoms with Gasteiger partial charge in [-0.1, -0.05) is 40.2 Å².